The van der Waals surface area contributed by atoms with Gasteiger partial charge in [0, 0.05) is 6.54 Å². The minimum Gasteiger partial charge on any atom is -0.359 e. The molecule has 0 amide bonds. The minimum absolute atomic E-state index is 0.213. The van der Waals surface area contributed by atoms with Crippen LogP contribution in [0.25, 0.3) is 0 Å². The zero-order chi connectivity index (χ0) is 8.81. The van der Waals surface area contributed by atoms with E-state index in [0.717, 1.165) is 32.4 Å². The van der Waals surface area contributed by atoms with Gasteiger partial charge in [-0.15, -0.1) is 0 Å². The predicted octanol–water partition coefficient (Wildman–Crippen LogP) is 1.06. The quantitative estimate of drug-likeness (QED) is 0.685. The highest BCUT2D eigenvalue weighted by molar-refractivity contribution is 4.84. The van der Waals surface area contributed by atoms with Crippen molar-refractivity contribution in [3.63, 3.8) is 0 Å². The number of hydrogen-bond acceptors (Lipinski definition) is 3. The molecule has 1 unspecified atom stereocenters. The average molecular weight is 168 g/mol. The number of piperidine rings is 1. The van der Waals surface area contributed by atoms with Gasteiger partial charge in [0.1, 0.15) is 6.10 Å². The molecular formula is C9H16N2O. The molecule has 0 spiro atoms. The van der Waals surface area contributed by atoms with Crippen LogP contribution >= 0.6 is 0 Å². The Morgan fingerprint density at radius 1 is 1.75 bits per heavy atom. The summed E-state index contributed by atoms with van der Waals surface area (Å²) in [5, 5.41) is 11.9. The summed E-state index contributed by atoms with van der Waals surface area (Å²) >= 11 is 0. The van der Waals surface area contributed by atoms with Gasteiger partial charge in [0.25, 0.3) is 0 Å². The van der Waals surface area contributed by atoms with Crippen LogP contribution in [-0.4, -0.2) is 25.3 Å². The lowest BCUT2D eigenvalue weighted by molar-refractivity contribution is 0.00280. The molecule has 1 aliphatic heterocycles. The molecule has 68 valence electrons. The van der Waals surface area contributed by atoms with E-state index in [2.05, 4.69) is 11.4 Å². The lowest BCUT2D eigenvalue weighted by atomic mass is 10.1. The average Bonchev–Trinajstić information content (AvgIpc) is 2.16. The second kappa shape index (κ2) is 5.13. The van der Waals surface area contributed by atoms with E-state index in [-0.39, 0.29) is 12.2 Å². The van der Waals surface area contributed by atoms with Crippen molar-refractivity contribution in [3.8, 4) is 6.07 Å². The van der Waals surface area contributed by atoms with Gasteiger partial charge < -0.3 is 10.1 Å². The highest BCUT2D eigenvalue weighted by Gasteiger charge is 2.16. The largest absolute Gasteiger partial charge is 0.359 e. The molecule has 0 aromatic rings. The second-order valence-corrected chi connectivity index (χ2v) is 3.13. The smallest absolute Gasteiger partial charge is 0.144 e. The maximum atomic E-state index is 8.66. The van der Waals surface area contributed by atoms with Gasteiger partial charge in [0.15, 0.2) is 0 Å². The van der Waals surface area contributed by atoms with E-state index in [1.807, 2.05) is 6.92 Å². The van der Waals surface area contributed by atoms with E-state index in [1.54, 1.807) is 0 Å². The molecule has 1 saturated heterocycles. The monoisotopic (exact) mass is 168 g/mol. The molecular weight excluding hydrogens is 152 g/mol. The van der Waals surface area contributed by atoms with Crippen molar-refractivity contribution in [2.75, 3.05) is 13.1 Å². The van der Waals surface area contributed by atoms with Gasteiger partial charge in [0.05, 0.1) is 12.2 Å². The second-order valence-electron chi connectivity index (χ2n) is 3.13. The third-order valence-corrected chi connectivity index (χ3v) is 2.12. The zero-order valence-electron chi connectivity index (χ0n) is 7.55. The molecule has 0 radical (unpaired) electrons. The molecule has 1 fully saturated rings. The fourth-order valence-corrected chi connectivity index (χ4v) is 1.39. The van der Waals surface area contributed by atoms with E-state index < -0.39 is 0 Å². The summed E-state index contributed by atoms with van der Waals surface area (Å²) < 4.78 is 5.57. The summed E-state index contributed by atoms with van der Waals surface area (Å²) in [5.41, 5.74) is 0. The molecule has 3 nitrogen and oxygen atoms in total. The Morgan fingerprint density at radius 2 is 2.58 bits per heavy atom. The standard InChI is InChI=1S/C9H16N2O/c1-2-8(6-10)12-9-4-3-5-11-7-9/h8-9,11H,2-5,7H2,1H3/t8?,9-/m0/s1. The Balaban J connectivity index is 2.24. The first-order chi connectivity index (χ1) is 5.86. The zero-order valence-corrected chi connectivity index (χ0v) is 7.55. The van der Waals surface area contributed by atoms with E-state index in [0.29, 0.717) is 0 Å². The fourth-order valence-electron chi connectivity index (χ4n) is 1.39. The first-order valence-electron chi connectivity index (χ1n) is 4.62. The van der Waals surface area contributed by atoms with Crippen LogP contribution in [0.15, 0.2) is 0 Å². The molecule has 1 heterocycles. The van der Waals surface area contributed by atoms with Gasteiger partial charge in [0.2, 0.25) is 0 Å². The van der Waals surface area contributed by atoms with Gasteiger partial charge in [-0.3, -0.25) is 0 Å². The normalized spacial score (nSPS) is 26.2. The number of nitrogens with one attached hydrogen (secondary N) is 1. The Labute approximate surface area is 73.7 Å². The Morgan fingerprint density at radius 3 is 3.08 bits per heavy atom. The topological polar surface area (TPSA) is 45.0 Å². The minimum atomic E-state index is -0.213. The first kappa shape index (κ1) is 9.50. The number of rotatable bonds is 3. The Hall–Kier alpha value is -0.590. The highest BCUT2D eigenvalue weighted by atomic mass is 16.5. The van der Waals surface area contributed by atoms with Crippen molar-refractivity contribution >= 4 is 0 Å². The maximum Gasteiger partial charge on any atom is 0.144 e. The van der Waals surface area contributed by atoms with E-state index in [1.165, 1.54) is 0 Å². The van der Waals surface area contributed by atoms with E-state index >= 15 is 0 Å². The lowest BCUT2D eigenvalue weighted by Crippen LogP contribution is -2.37. The van der Waals surface area contributed by atoms with E-state index in [9.17, 15) is 0 Å². The van der Waals surface area contributed by atoms with Gasteiger partial charge in [-0.1, -0.05) is 6.92 Å². The summed E-state index contributed by atoms with van der Waals surface area (Å²) in [6.07, 6.45) is 3.07. The van der Waals surface area contributed by atoms with Gasteiger partial charge in [-0.2, -0.15) is 5.26 Å². The van der Waals surface area contributed by atoms with Crippen LogP contribution in [0, 0.1) is 11.3 Å². The predicted molar refractivity (Wildman–Crippen MR) is 46.7 cm³/mol. The molecule has 2 atom stereocenters. The summed E-state index contributed by atoms with van der Waals surface area (Å²) in [5.74, 6) is 0. The molecule has 0 aromatic carbocycles. The summed E-state index contributed by atoms with van der Waals surface area (Å²) in [6, 6.07) is 2.15. The number of hydrogen-bond donors (Lipinski definition) is 1. The van der Waals surface area contributed by atoms with Crippen molar-refractivity contribution in [1.29, 1.82) is 5.26 Å². The molecule has 0 saturated carbocycles. The molecule has 1 rings (SSSR count). The van der Waals surface area contributed by atoms with Crippen molar-refractivity contribution in [2.24, 2.45) is 0 Å². The molecule has 0 bridgehead atoms. The van der Waals surface area contributed by atoms with Crippen LogP contribution in [0.2, 0.25) is 0 Å². The van der Waals surface area contributed by atoms with Gasteiger partial charge in [-0.05, 0) is 25.8 Å². The van der Waals surface area contributed by atoms with Crippen LogP contribution in [0.4, 0.5) is 0 Å². The van der Waals surface area contributed by atoms with Crippen LogP contribution in [0.1, 0.15) is 26.2 Å². The van der Waals surface area contributed by atoms with Crippen molar-refractivity contribution in [2.45, 2.75) is 38.4 Å². The molecule has 0 aromatic heterocycles. The van der Waals surface area contributed by atoms with Crippen LogP contribution < -0.4 is 5.32 Å². The number of ether oxygens (including phenoxy) is 1. The molecule has 0 aliphatic carbocycles. The fraction of sp³-hybridized carbons (Fsp3) is 0.889. The summed E-state index contributed by atoms with van der Waals surface area (Å²) in [6.45, 7) is 3.96. The van der Waals surface area contributed by atoms with Gasteiger partial charge >= 0.3 is 0 Å². The van der Waals surface area contributed by atoms with Crippen molar-refractivity contribution < 1.29 is 4.74 Å². The number of nitrogens with zero attached hydrogens (tertiary/aromatic N) is 1. The molecule has 12 heavy (non-hydrogen) atoms. The molecule has 1 N–H and O–H groups in total. The number of nitriles is 1. The van der Waals surface area contributed by atoms with Crippen LogP contribution in [0.3, 0.4) is 0 Å². The molecule has 3 heteroatoms. The summed E-state index contributed by atoms with van der Waals surface area (Å²) in [7, 11) is 0. The van der Waals surface area contributed by atoms with E-state index in [4.69, 9.17) is 10.00 Å². The van der Waals surface area contributed by atoms with Gasteiger partial charge in [-0.25, -0.2) is 0 Å². The van der Waals surface area contributed by atoms with Crippen molar-refractivity contribution in [1.82, 2.24) is 5.32 Å². The summed E-state index contributed by atoms with van der Waals surface area (Å²) in [4.78, 5) is 0. The Kier molecular flexibility index (Phi) is 4.06. The third kappa shape index (κ3) is 2.80. The Bertz CT molecular complexity index is 158. The molecule has 1 aliphatic rings. The van der Waals surface area contributed by atoms with Crippen molar-refractivity contribution in [3.05, 3.63) is 0 Å². The highest BCUT2D eigenvalue weighted by Crippen LogP contribution is 2.09. The maximum absolute atomic E-state index is 8.66. The SMILES string of the molecule is CCC(C#N)O[C@H]1CCCNC1. The third-order valence-electron chi connectivity index (χ3n) is 2.12. The lowest BCUT2D eigenvalue weighted by Gasteiger charge is -2.24. The first-order valence-corrected chi connectivity index (χ1v) is 4.62. The van der Waals surface area contributed by atoms with Crippen LogP contribution in [0.5, 0.6) is 0 Å². The van der Waals surface area contributed by atoms with Crippen LogP contribution in [-0.2, 0) is 4.74 Å².